The van der Waals surface area contributed by atoms with Gasteiger partial charge < -0.3 is 0 Å². The zero-order valence-electron chi connectivity index (χ0n) is 15.4. The lowest BCUT2D eigenvalue weighted by Gasteiger charge is -2.04. The molecule has 0 bridgehead atoms. The number of hydrogen-bond donors (Lipinski definition) is 0. The van der Waals surface area contributed by atoms with Crippen molar-refractivity contribution in [2.45, 2.75) is 0 Å². The second kappa shape index (κ2) is 9.66. The molecule has 6 nitrogen and oxygen atoms in total. The zero-order valence-corrected chi connectivity index (χ0v) is 15.4. The van der Waals surface area contributed by atoms with Crippen molar-refractivity contribution in [3.8, 4) is 0 Å². The van der Waals surface area contributed by atoms with Crippen molar-refractivity contribution in [2.24, 2.45) is 10.2 Å². The highest BCUT2D eigenvalue weighted by Crippen LogP contribution is 2.18. The van der Waals surface area contributed by atoms with E-state index < -0.39 is 4.92 Å². The third-order valence-electron chi connectivity index (χ3n) is 4.02. The summed E-state index contributed by atoms with van der Waals surface area (Å²) in [6, 6.07) is 24.3. The van der Waals surface area contributed by atoms with Crippen molar-refractivity contribution in [3.63, 3.8) is 0 Å². The van der Waals surface area contributed by atoms with Gasteiger partial charge in [-0.3, -0.25) is 14.9 Å². The summed E-state index contributed by atoms with van der Waals surface area (Å²) in [5.41, 5.74) is 1.84. The smallest absolute Gasteiger partial charge is 0.276 e. The van der Waals surface area contributed by atoms with E-state index in [1.807, 2.05) is 24.3 Å². The van der Waals surface area contributed by atoms with E-state index in [0.717, 1.165) is 0 Å². The van der Waals surface area contributed by atoms with Crippen LogP contribution in [0.15, 0.2) is 101 Å². The Morgan fingerprint density at radius 1 is 0.828 bits per heavy atom. The molecule has 0 spiro atoms. The molecule has 0 aliphatic carbocycles. The van der Waals surface area contributed by atoms with Crippen molar-refractivity contribution in [1.82, 2.24) is 0 Å². The van der Waals surface area contributed by atoms with Crippen LogP contribution in [-0.4, -0.2) is 22.6 Å². The van der Waals surface area contributed by atoms with E-state index in [1.165, 1.54) is 12.3 Å². The van der Waals surface area contributed by atoms with E-state index in [0.29, 0.717) is 16.7 Å². The number of carbonyl (C=O) groups is 1. The minimum atomic E-state index is -0.443. The summed E-state index contributed by atoms with van der Waals surface area (Å²) in [5.74, 6) is -0.239. The molecule has 3 rings (SSSR count). The van der Waals surface area contributed by atoms with Crippen molar-refractivity contribution in [3.05, 3.63) is 118 Å². The predicted molar refractivity (Wildman–Crippen MR) is 114 cm³/mol. The van der Waals surface area contributed by atoms with E-state index in [-0.39, 0.29) is 17.2 Å². The summed E-state index contributed by atoms with van der Waals surface area (Å²) >= 11 is 0. The van der Waals surface area contributed by atoms with Crippen LogP contribution in [0.2, 0.25) is 0 Å². The number of benzene rings is 3. The molecule has 0 aromatic heterocycles. The highest BCUT2D eigenvalue weighted by atomic mass is 16.6. The maximum Gasteiger partial charge on any atom is 0.276 e. The molecular formula is C23H17N3O3. The second-order valence-corrected chi connectivity index (χ2v) is 5.95. The summed E-state index contributed by atoms with van der Waals surface area (Å²) < 4.78 is 0. The van der Waals surface area contributed by atoms with Crippen LogP contribution < -0.4 is 0 Å². The fraction of sp³-hybridized carbons (Fsp3) is 0. The van der Waals surface area contributed by atoms with Gasteiger partial charge in [-0.2, -0.15) is 5.10 Å². The molecule has 142 valence electrons. The molecule has 6 heteroatoms. The molecule has 3 aromatic rings. The molecule has 0 unspecified atom stereocenters. The normalized spacial score (nSPS) is 11.8. The monoisotopic (exact) mass is 383 g/mol. The Balaban J connectivity index is 1.86. The first-order chi connectivity index (χ1) is 14.2. The lowest BCUT2D eigenvalue weighted by atomic mass is 10.0. The first-order valence-corrected chi connectivity index (χ1v) is 8.83. The minimum absolute atomic E-state index is 0.00452. The molecule has 0 saturated heterocycles. The molecule has 29 heavy (non-hydrogen) atoms. The SMILES string of the molecule is O=C(/C(=N/N=C/C=C/c1ccccc1[N+](=O)[O-])c1ccccc1)c1ccccc1. The summed E-state index contributed by atoms with van der Waals surface area (Å²) in [5, 5.41) is 19.1. The van der Waals surface area contributed by atoms with E-state index >= 15 is 0 Å². The van der Waals surface area contributed by atoms with Gasteiger partial charge in [-0.15, -0.1) is 5.10 Å². The average Bonchev–Trinajstić information content (AvgIpc) is 2.77. The van der Waals surface area contributed by atoms with Gasteiger partial charge in [-0.25, -0.2) is 0 Å². The van der Waals surface area contributed by atoms with Gasteiger partial charge in [0.1, 0.15) is 5.71 Å². The van der Waals surface area contributed by atoms with Crippen molar-refractivity contribution >= 4 is 29.5 Å². The van der Waals surface area contributed by atoms with Crippen LogP contribution in [-0.2, 0) is 0 Å². The third-order valence-corrected chi connectivity index (χ3v) is 4.02. The van der Waals surface area contributed by atoms with E-state index in [4.69, 9.17) is 0 Å². The Morgan fingerprint density at radius 3 is 2.07 bits per heavy atom. The van der Waals surface area contributed by atoms with E-state index in [1.54, 1.807) is 66.7 Å². The van der Waals surface area contributed by atoms with Gasteiger partial charge in [0.2, 0.25) is 5.78 Å². The molecule has 0 aliphatic rings. The number of nitro benzene ring substituents is 1. The highest BCUT2D eigenvalue weighted by molar-refractivity contribution is 6.51. The molecule has 0 radical (unpaired) electrons. The lowest BCUT2D eigenvalue weighted by Crippen LogP contribution is -2.15. The fourth-order valence-electron chi connectivity index (χ4n) is 2.63. The van der Waals surface area contributed by atoms with Gasteiger partial charge in [-0.1, -0.05) is 72.8 Å². The Bertz CT molecular complexity index is 1090. The maximum atomic E-state index is 12.9. The van der Waals surface area contributed by atoms with Gasteiger partial charge in [0.25, 0.3) is 5.69 Å². The number of Topliss-reactive ketones (excluding diaryl/α,β-unsaturated/α-hetero) is 1. The zero-order chi connectivity index (χ0) is 20.5. The van der Waals surface area contributed by atoms with Crippen molar-refractivity contribution < 1.29 is 9.72 Å². The highest BCUT2D eigenvalue weighted by Gasteiger charge is 2.16. The van der Waals surface area contributed by atoms with Gasteiger partial charge >= 0.3 is 0 Å². The number of hydrogen-bond acceptors (Lipinski definition) is 5. The average molecular weight is 383 g/mol. The van der Waals surface area contributed by atoms with Gasteiger partial charge in [0.05, 0.1) is 10.5 Å². The van der Waals surface area contributed by atoms with Crippen molar-refractivity contribution in [2.75, 3.05) is 0 Å². The topological polar surface area (TPSA) is 84.9 Å². The summed E-state index contributed by atoms with van der Waals surface area (Å²) in [7, 11) is 0. The summed E-state index contributed by atoms with van der Waals surface area (Å²) in [6.45, 7) is 0. The molecule has 0 heterocycles. The number of rotatable bonds is 7. The lowest BCUT2D eigenvalue weighted by molar-refractivity contribution is -0.385. The van der Waals surface area contributed by atoms with Crippen LogP contribution in [0.1, 0.15) is 21.5 Å². The molecule has 0 amide bonds. The molecule has 0 fully saturated rings. The Hall–Kier alpha value is -4.19. The predicted octanol–water partition coefficient (Wildman–Crippen LogP) is 4.97. The maximum absolute atomic E-state index is 12.9. The first-order valence-electron chi connectivity index (χ1n) is 8.83. The van der Waals surface area contributed by atoms with E-state index in [9.17, 15) is 14.9 Å². The summed E-state index contributed by atoms with van der Waals surface area (Å²) in [6.07, 6.45) is 4.50. The fourth-order valence-corrected chi connectivity index (χ4v) is 2.63. The molecule has 0 saturated carbocycles. The van der Waals surface area contributed by atoms with Crippen LogP contribution in [0.25, 0.3) is 6.08 Å². The number of nitro groups is 1. The van der Waals surface area contributed by atoms with Gasteiger partial charge in [-0.05, 0) is 18.2 Å². The van der Waals surface area contributed by atoms with Crippen LogP contribution in [0.5, 0.6) is 0 Å². The van der Waals surface area contributed by atoms with Crippen molar-refractivity contribution in [1.29, 1.82) is 0 Å². The van der Waals surface area contributed by atoms with E-state index in [2.05, 4.69) is 10.2 Å². The molecular weight excluding hydrogens is 366 g/mol. The quantitative estimate of drug-likeness (QED) is 0.250. The number of nitrogens with zero attached hydrogens (tertiary/aromatic N) is 3. The van der Waals surface area contributed by atoms with Gasteiger partial charge in [0, 0.05) is 23.4 Å². The number of para-hydroxylation sites is 1. The number of ketones is 1. The Labute approximate surface area is 167 Å². The third kappa shape index (κ3) is 5.17. The van der Waals surface area contributed by atoms with Gasteiger partial charge in [0.15, 0.2) is 0 Å². The number of allylic oxidation sites excluding steroid dienone is 1. The number of carbonyl (C=O) groups excluding carboxylic acids is 1. The standard InChI is InChI=1S/C23H17N3O3/c27-23(20-13-5-2-6-14-20)22(19-11-3-1-4-12-19)25-24-17-9-15-18-10-7-8-16-21(18)26(28)29/h1-17H/b15-9+,24-17+,25-22+. The van der Waals surface area contributed by atoms with Crippen LogP contribution in [0.4, 0.5) is 5.69 Å². The Kier molecular flexibility index (Phi) is 6.52. The molecule has 0 atom stereocenters. The van der Waals surface area contributed by atoms with Crippen LogP contribution in [0, 0.1) is 10.1 Å². The van der Waals surface area contributed by atoms with Crippen LogP contribution in [0.3, 0.4) is 0 Å². The Morgan fingerprint density at radius 2 is 1.41 bits per heavy atom. The first kappa shape index (κ1) is 19.6. The largest absolute Gasteiger partial charge is 0.287 e. The minimum Gasteiger partial charge on any atom is -0.287 e. The second-order valence-electron chi connectivity index (χ2n) is 5.95. The molecule has 0 aliphatic heterocycles. The molecule has 0 N–H and O–H groups in total. The van der Waals surface area contributed by atoms with Crippen LogP contribution >= 0.6 is 0 Å². The molecule has 3 aromatic carbocycles. The summed E-state index contributed by atoms with van der Waals surface area (Å²) in [4.78, 5) is 23.5.